The smallest absolute Gasteiger partial charge is 0.186 e. The lowest BCUT2D eigenvalue weighted by atomic mass is 10.4. The van der Waals surface area contributed by atoms with E-state index in [1.54, 1.807) is 0 Å². The van der Waals surface area contributed by atoms with Crippen molar-refractivity contribution in [3.05, 3.63) is 23.9 Å². The second-order valence-corrected chi connectivity index (χ2v) is 1.60. The second-order valence-electron chi connectivity index (χ2n) is 1.60. The first-order valence-electron chi connectivity index (χ1n) is 2.45. The summed E-state index contributed by atoms with van der Waals surface area (Å²) in [7, 11) is 0. The summed E-state index contributed by atoms with van der Waals surface area (Å²) in [4.78, 5) is 3.19. The number of halogens is 2. The zero-order valence-corrected chi connectivity index (χ0v) is 4.81. The van der Waals surface area contributed by atoms with E-state index in [1.807, 2.05) is 0 Å². The van der Waals surface area contributed by atoms with Gasteiger partial charge in [0.15, 0.2) is 11.6 Å². The molecule has 3 nitrogen and oxygen atoms in total. The highest BCUT2D eigenvalue weighted by Gasteiger charge is 2.01. The van der Waals surface area contributed by atoms with Crippen LogP contribution in [0.25, 0.3) is 0 Å². The summed E-state index contributed by atoms with van der Waals surface area (Å²) in [5.41, 5.74) is 1.47. The molecular formula is C5H4F2N2O. The highest BCUT2D eigenvalue weighted by molar-refractivity contribution is 5.32. The molecule has 0 bridgehead atoms. The Bertz CT molecular complexity index is 241. The molecule has 2 N–H and O–H groups in total. The largest absolute Gasteiger partial charge is 0.290 e. The molecule has 1 aromatic heterocycles. The van der Waals surface area contributed by atoms with Gasteiger partial charge in [0.2, 0.25) is 0 Å². The van der Waals surface area contributed by atoms with Crippen LogP contribution in [0.2, 0.25) is 0 Å². The van der Waals surface area contributed by atoms with Gasteiger partial charge in [-0.3, -0.25) is 5.21 Å². The molecule has 0 aliphatic rings. The van der Waals surface area contributed by atoms with Crippen LogP contribution in [0.15, 0.2) is 12.3 Å². The molecule has 1 heterocycles. The van der Waals surface area contributed by atoms with E-state index in [4.69, 9.17) is 5.21 Å². The van der Waals surface area contributed by atoms with Crippen molar-refractivity contribution in [2.45, 2.75) is 0 Å². The van der Waals surface area contributed by atoms with E-state index < -0.39 is 11.6 Å². The van der Waals surface area contributed by atoms with Crippen molar-refractivity contribution in [3.8, 4) is 0 Å². The normalized spacial score (nSPS) is 9.50. The van der Waals surface area contributed by atoms with Crippen molar-refractivity contribution in [1.82, 2.24) is 4.98 Å². The van der Waals surface area contributed by atoms with E-state index in [-0.39, 0.29) is 5.82 Å². The fourth-order valence-corrected chi connectivity index (χ4v) is 0.497. The predicted octanol–water partition coefficient (Wildman–Crippen LogP) is 1.16. The van der Waals surface area contributed by atoms with Gasteiger partial charge in [-0.1, -0.05) is 0 Å². The molecule has 0 radical (unpaired) electrons. The fraction of sp³-hybridized carbons (Fsp3) is 0. The van der Waals surface area contributed by atoms with Gasteiger partial charge in [-0.2, -0.15) is 0 Å². The number of rotatable bonds is 1. The Morgan fingerprint density at radius 3 is 2.70 bits per heavy atom. The van der Waals surface area contributed by atoms with Gasteiger partial charge in [-0.15, -0.1) is 0 Å². The van der Waals surface area contributed by atoms with Gasteiger partial charge >= 0.3 is 0 Å². The van der Waals surface area contributed by atoms with Gasteiger partial charge in [0.1, 0.15) is 5.82 Å². The number of hydrogen-bond acceptors (Lipinski definition) is 3. The Balaban J connectivity index is 3.07. The number of hydrogen-bond donors (Lipinski definition) is 2. The molecule has 0 aliphatic carbocycles. The van der Waals surface area contributed by atoms with Crippen molar-refractivity contribution in [2.24, 2.45) is 0 Å². The summed E-state index contributed by atoms with van der Waals surface area (Å²) >= 11 is 0. The van der Waals surface area contributed by atoms with Gasteiger partial charge in [0, 0.05) is 6.07 Å². The molecule has 1 rings (SSSR count). The van der Waals surface area contributed by atoms with Crippen molar-refractivity contribution in [2.75, 3.05) is 5.48 Å². The number of anilines is 1. The quantitative estimate of drug-likeness (QED) is 0.584. The van der Waals surface area contributed by atoms with Gasteiger partial charge in [-0.25, -0.2) is 19.2 Å². The van der Waals surface area contributed by atoms with Crippen molar-refractivity contribution in [1.29, 1.82) is 0 Å². The van der Waals surface area contributed by atoms with E-state index in [2.05, 4.69) is 4.98 Å². The third-order valence-electron chi connectivity index (χ3n) is 0.914. The molecule has 10 heavy (non-hydrogen) atoms. The van der Waals surface area contributed by atoms with Crippen LogP contribution < -0.4 is 5.48 Å². The molecule has 0 aromatic carbocycles. The molecule has 0 saturated carbocycles. The molecule has 1 aromatic rings. The lowest BCUT2D eigenvalue weighted by Gasteiger charge is -1.96. The van der Waals surface area contributed by atoms with Crippen LogP contribution in [0.5, 0.6) is 0 Å². The van der Waals surface area contributed by atoms with E-state index in [9.17, 15) is 8.78 Å². The Morgan fingerprint density at radius 2 is 2.20 bits per heavy atom. The summed E-state index contributed by atoms with van der Waals surface area (Å²) in [6.07, 6.45) is 0.793. The maximum Gasteiger partial charge on any atom is 0.186 e. The Hall–Kier alpha value is -1.23. The molecule has 0 aliphatic heterocycles. The van der Waals surface area contributed by atoms with Crippen LogP contribution >= 0.6 is 0 Å². The minimum atomic E-state index is -0.928. The lowest BCUT2D eigenvalue weighted by molar-refractivity contribution is 0.379. The van der Waals surface area contributed by atoms with Gasteiger partial charge in [0.25, 0.3) is 0 Å². The van der Waals surface area contributed by atoms with Crippen LogP contribution in [0.4, 0.5) is 14.6 Å². The lowest BCUT2D eigenvalue weighted by Crippen LogP contribution is -1.96. The maximum absolute atomic E-state index is 12.3. The minimum Gasteiger partial charge on any atom is -0.290 e. The SMILES string of the molecule is ONc1ncc(F)cc1F. The highest BCUT2D eigenvalue weighted by atomic mass is 19.1. The van der Waals surface area contributed by atoms with Crippen LogP contribution in [-0.4, -0.2) is 10.2 Å². The monoisotopic (exact) mass is 146 g/mol. The average Bonchev–Trinajstić information content (AvgIpc) is 1.88. The molecule has 0 unspecified atom stereocenters. The maximum atomic E-state index is 12.3. The minimum absolute atomic E-state index is 0.388. The summed E-state index contributed by atoms with van der Waals surface area (Å²) < 4.78 is 24.4. The van der Waals surface area contributed by atoms with Crippen molar-refractivity contribution in [3.63, 3.8) is 0 Å². The zero-order valence-electron chi connectivity index (χ0n) is 4.81. The zero-order chi connectivity index (χ0) is 7.56. The Kier molecular flexibility index (Phi) is 1.77. The fourth-order valence-electron chi connectivity index (χ4n) is 0.497. The first-order valence-corrected chi connectivity index (χ1v) is 2.45. The van der Waals surface area contributed by atoms with Gasteiger partial charge < -0.3 is 0 Å². The van der Waals surface area contributed by atoms with E-state index in [0.29, 0.717) is 6.07 Å². The third-order valence-corrected chi connectivity index (χ3v) is 0.914. The summed E-state index contributed by atoms with van der Waals surface area (Å²) in [5.74, 6) is -2.10. The second kappa shape index (κ2) is 2.57. The van der Waals surface area contributed by atoms with E-state index >= 15 is 0 Å². The van der Waals surface area contributed by atoms with Crippen LogP contribution in [0, 0.1) is 11.6 Å². The average molecular weight is 146 g/mol. The summed E-state index contributed by atoms with van der Waals surface area (Å²) in [5, 5.41) is 8.13. The van der Waals surface area contributed by atoms with E-state index in [1.165, 1.54) is 5.48 Å². The number of pyridine rings is 1. The number of nitrogens with zero attached hydrogens (tertiary/aromatic N) is 1. The van der Waals surface area contributed by atoms with Crippen molar-refractivity contribution < 1.29 is 14.0 Å². The van der Waals surface area contributed by atoms with Crippen LogP contribution in [0.1, 0.15) is 0 Å². The summed E-state index contributed by atoms with van der Waals surface area (Å²) in [6.45, 7) is 0. The van der Waals surface area contributed by atoms with Gasteiger partial charge in [0.05, 0.1) is 6.20 Å². The molecule has 5 heteroatoms. The van der Waals surface area contributed by atoms with E-state index in [0.717, 1.165) is 6.20 Å². The topological polar surface area (TPSA) is 45.1 Å². The van der Waals surface area contributed by atoms with Crippen LogP contribution in [-0.2, 0) is 0 Å². The molecule has 0 spiro atoms. The summed E-state index contributed by atoms with van der Waals surface area (Å²) in [6, 6.07) is 0.617. The molecule has 0 atom stereocenters. The highest BCUT2D eigenvalue weighted by Crippen LogP contribution is 2.09. The standard InChI is InChI=1S/C5H4F2N2O/c6-3-1-4(7)5(9-10)8-2-3/h1-2,10H,(H,8,9). The predicted molar refractivity (Wildman–Crippen MR) is 29.6 cm³/mol. The molecule has 0 amide bonds. The number of aromatic nitrogens is 1. The van der Waals surface area contributed by atoms with Gasteiger partial charge in [-0.05, 0) is 0 Å². The van der Waals surface area contributed by atoms with Crippen LogP contribution in [0.3, 0.4) is 0 Å². The van der Waals surface area contributed by atoms with Crippen molar-refractivity contribution >= 4 is 5.82 Å². The third kappa shape index (κ3) is 1.19. The first-order chi connectivity index (χ1) is 4.74. The Labute approximate surface area is 55.3 Å². The molecule has 0 saturated heterocycles. The molecule has 54 valence electrons. The number of nitrogens with one attached hydrogen (secondary N) is 1. The first kappa shape index (κ1) is 6.88. The molecular weight excluding hydrogens is 142 g/mol. The Morgan fingerprint density at radius 1 is 1.50 bits per heavy atom. The molecule has 0 fully saturated rings.